The van der Waals surface area contributed by atoms with Crippen molar-refractivity contribution in [3.63, 3.8) is 0 Å². The standard InChI is InChI=1S/C20H25N3O3/c1-4-15-6-5-7-17(12-15)22-20(25)14-23(2)13-19(24)21-16-8-10-18(26-3)11-9-16/h5-12H,4,13-14H2,1-3H3,(H,21,24)(H,22,25). The molecule has 26 heavy (non-hydrogen) atoms. The van der Waals surface area contributed by atoms with E-state index in [9.17, 15) is 9.59 Å². The Morgan fingerprint density at radius 1 is 0.962 bits per heavy atom. The summed E-state index contributed by atoms with van der Waals surface area (Å²) in [4.78, 5) is 25.9. The number of nitrogens with zero attached hydrogens (tertiary/aromatic N) is 1. The van der Waals surface area contributed by atoms with Crippen LogP contribution in [-0.2, 0) is 16.0 Å². The van der Waals surface area contributed by atoms with Crippen LogP contribution >= 0.6 is 0 Å². The Morgan fingerprint density at radius 2 is 1.58 bits per heavy atom. The summed E-state index contributed by atoms with van der Waals surface area (Å²) in [5.41, 5.74) is 2.62. The predicted molar refractivity (Wildman–Crippen MR) is 104 cm³/mol. The Hall–Kier alpha value is -2.86. The van der Waals surface area contributed by atoms with Crippen molar-refractivity contribution in [2.24, 2.45) is 0 Å². The lowest BCUT2D eigenvalue weighted by Gasteiger charge is -2.16. The van der Waals surface area contributed by atoms with E-state index in [4.69, 9.17) is 4.74 Å². The van der Waals surface area contributed by atoms with Gasteiger partial charge in [0.15, 0.2) is 0 Å². The number of likely N-dealkylation sites (N-methyl/N-ethyl adjacent to an activating group) is 1. The topological polar surface area (TPSA) is 70.7 Å². The molecule has 2 aromatic carbocycles. The van der Waals surface area contributed by atoms with Crippen LogP contribution in [-0.4, -0.2) is 44.0 Å². The molecule has 0 bridgehead atoms. The lowest BCUT2D eigenvalue weighted by molar-refractivity contribution is -0.119. The van der Waals surface area contributed by atoms with Gasteiger partial charge in [-0.05, 0) is 55.4 Å². The molecule has 0 saturated carbocycles. The first kappa shape index (κ1) is 19.5. The monoisotopic (exact) mass is 355 g/mol. The van der Waals surface area contributed by atoms with E-state index >= 15 is 0 Å². The van der Waals surface area contributed by atoms with E-state index in [0.29, 0.717) is 5.69 Å². The number of hydrogen-bond acceptors (Lipinski definition) is 4. The van der Waals surface area contributed by atoms with Crippen LogP contribution < -0.4 is 15.4 Å². The first-order chi connectivity index (χ1) is 12.5. The zero-order valence-electron chi connectivity index (χ0n) is 15.4. The highest BCUT2D eigenvalue weighted by atomic mass is 16.5. The molecule has 2 aromatic rings. The maximum absolute atomic E-state index is 12.1. The van der Waals surface area contributed by atoms with Crippen molar-refractivity contribution in [1.29, 1.82) is 0 Å². The lowest BCUT2D eigenvalue weighted by Crippen LogP contribution is -2.36. The van der Waals surface area contributed by atoms with Crippen LogP contribution in [0.3, 0.4) is 0 Å². The number of amides is 2. The van der Waals surface area contributed by atoms with Crippen LogP contribution in [0.5, 0.6) is 5.75 Å². The van der Waals surface area contributed by atoms with Gasteiger partial charge in [-0.1, -0.05) is 19.1 Å². The van der Waals surface area contributed by atoms with Crippen molar-refractivity contribution in [2.45, 2.75) is 13.3 Å². The van der Waals surface area contributed by atoms with E-state index in [0.717, 1.165) is 23.4 Å². The Labute approximate surface area is 154 Å². The third-order valence-corrected chi connectivity index (χ3v) is 3.82. The SMILES string of the molecule is CCc1cccc(NC(=O)CN(C)CC(=O)Nc2ccc(OC)cc2)c1. The first-order valence-corrected chi connectivity index (χ1v) is 8.51. The van der Waals surface area contributed by atoms with Crippen LogP contribution in [0.4, 0.5) is 11.4 Å². The minimum Gasteiger partial charge on any atom is -0.497 e. The molecule has 0 aliphatic heterocycles. The van der Waals surface area contributed by atoms with Crippen molar-refractivity contribution in [2.75, 3.05) is 37.9 Å². The lowest BCUT2D eigenvalue weighted by atomic mass is 10.1. The van der Waals surface area contributed by atoms with E-state index in [1.807, 2.05) is 24.3 Å². The van der Waals surface area contributed by atoms with Gasteiger partial charge in [0, 0.05) is 11.4 Å². The van der Waals surface area contributed by atoms with Crippen molar-refractivity contribution >= 4 is 23.2 Å². The molecule has 0 radical (unpaired) electrons. The normalized spacial score (nSPS) is 10.5. The van der Waals surface area contributed by atoms with Crippen LogP contribution in [0.25, 0.3) is 0 Å². The van der Waals surface area contributed by atoms with Crippen molar-refractivity contribution in [3.05, 3.63) is 54.1 Å². The summed E-state index contributed by atoms with van der Waals surface area (Å²) in [5, 5.41) is 5.65. The van der Waals surface area contributed by atoms with Gasteiger partial charge in [-0.15, -0.1) is 0 Å². The van der Waals surface area contributed by atoms with Gasteiger partial charge in [-0.3, -0.25) is 14.5 Å². The first-order valence-electron chi connectivity index (χ1n) is 8.51. The maximum Gasteiger partial charge on any atom is 0.238 e. The molecule has 6 heteroatoms. The summed E-state index contributed by atoms with van der Waals surface area (Å²) in [5.74, 6) is 0.389. The molecule has 0 aromatic heterocycles. The van der Waals surface area contributed by atoms with Gasteiger partial charge < -0.3 is 15.4 Å². The molecule has 2 N–H and O–H groups in total. The van der Waals surface area contributed by atoms with Gasteiger partial charge in [0.05, 0.1) is 20.2 Å². The number of methoxy groups -OCH3 is 1. The predicted octanol–water partition coefficient (Wildman–Crippen LogP) is 2.77. The van der Waals surface area contributed by atoms with Crippen LogP contribution in [0.2, 0.25) is 0 Å². The summed E-state index contributed by atoms with van der Waals surface area (Å²) in [6, 6.07) is 14.8. The Bertz CT molecular complexity index is 744. The van der Waals surface area contributed by atoms with Crippen LogP contribution in [0, 0.1) is 0 Å². The van der Waals surface area contributed by atoms with E-state index in [1.165, 1.54) is 0 Å². The Kier molecular flexibility index (Phi) is 7.17. The molecule has 2 rings (SSSR count). The van der Waals surface area contributed by atoms with Crippen molar-refractivity contribution in [1.82, 2.24) is 4.90 Å². The number of hydrogen-bond donors (Lipinski definition) is 2. The average Bonchev–Trinajstić information content (AvgIpc) is 2.62. The molecular weight excluding hydrogens is 330 g/mol. The zero-order valence-corrected chi connectivity index (χ0v) is 15.4. The second kappa shape index (κ2) is 9.58. The number of rotatable bonds is 8. The fraction of sp³-hybridized carbons (Fsp3) is 0.300. The molecule has 2 amide bonds. The molecule has 0 saturated heterocycles. The number of carbonyl (C=O) groups is 2. The quantitative estimate of drug-likeness (QED) is 0.764. The smallest absolute Gasteiger partial charge is 0.238 e. The van der Waals surface area contributed by atoms with Gasteiger partial charge >= 0.3 is 0 Å². The highest BCUT2D eigenvalue weighted by Gasteiger charge is 2.11. The van der Waals surface area contributed by atoms with E-state index < -0.39 is 0 Å². The number of ether oxygens (including phenoxy) is 1. The Balaban J connectivity index is 1.79. The van der Waals surface area contributed by atoms with Gasteiger partial charge in [0.2, 0.25) is 11.8 Å². The molecule has 6 nitrogen and oxygen atoms in total. The van der Waals surface area contributed by atoms with Crippen LogP contribution in [0.1, 0.15) is 12.5 Å². The summed E-state index contributed by atoms with van der Waals surface area (Å²) < 4.78 is 5.08. The summed E-state index contributed by atoms with van der Waals surface area (Å²) in [6.45, 7) is 2.32. The molecule has 0 spiro atoms. The summed E-state index contributed by atoms with van der Waals surface area (Å²) in [7, 11) is 3.32. The molecular formula is C20H25N3O3. The molecule has 0 aliphatic rings. The number of anilines is 2. The fourth-order valence-electron chi connectivity index (χ4n) is 2.49. The highest BCUT2D eigenvalue weighted by molar-refractivity contribution is 5.94. The number of carbonyl (C=O) groups excluding carboxylic acids is 2. The second-order valence-corrected chi connectivity index (χ2v) is 6.05. The maximum atomic E-state index is 12.1. The molecule has 0 heterocycles. The minimum absolute atomic E-state index is 0.119. The average molecular weight is 355 g/mol. The third-order valence-electron chi connectivity index (χ3n) is 3.82. The highest BCUT2D eigenvalue weighted by Crippen LogP contribution is 2.15. The molecule has 138 valence electrons. The molecule has 0 atom stereocenters. The van der Waals surface area contributed by atoms with E-state index in [2.05, 4.69) is 17.6 Å². The van der Waals surface area contributed by atoms with Gasteiger partial charge in [-0.25, -0.2) is 0 Å². The Morgan fingerprint density at radius 3 is 2.15 bits per heavy atom. The minimum atomic E-state index is -0.182. The number of benzene rings is 2. The van der Waals surface area contributed by atoms with Gasteiger partial charge in [0.25, 0.3) is 0 Å². The van der Waals surface area contributed by atoms with Crippen LogP contribution in [0.15, 0.2) is 48.5 Å². The van der Waals surface area contributed by atoms with Gasteiger partial charge in [0.1, 0.15) is 5.75 Å². The molecule has 0 aliphatic carbocycles. The van der Waals surface area contributed by atoms with E-state index in [1.54, 1.807) is 43.3 Å². The fourth-order valence-corrected chi connectivity index (χ4v) is 2.49. The third kappa shape index (κ3) is 6.22. The molecule has 0 fully saturated rings. The number of aryl methyl sites for hydroxylation is 1. The van der Waals surface area contributed by atoms with E-state index in [-0.39, 0.29) is 24.9 Å². The van der Waals surface area contributed by atoms with Crippen molar-refractivity contribution < 1.29 is 14.3 Å². The second-order valence-electron chi connectivity index (χ2n) is 6.05. The molecule has 0 unspecified atom stereocenters. The van der Waals surface area contributed by atoms with Gasteiger partial charge in [-0.2, -0.15) is 0 Å². The largest absolute Gasteiger partial charge is 0.497 e. The summed E-state index contributed by atoms with van der Waals surface area (Å²) >= 11 is 0. The number of nitrogens with one attached hydrogen (secondary N) is 2. The zero-order chi connectivity index (χ0) is 18.9. The summed E-state index contributed by atoms with van der Waals surface area (Å²) in [6.07, 6.45) is 0.912. The van der Waals surface area contributed by atoms with Crippen molar-refractivity contribution in [3.8, 4) is 5.75 Å².